The van der Waals surface area contributed by atoms with Crippen molar-refractivity contribution in [1.29, 1.82) is 0 Å². The molecular weight excluding hydrogens is 392 g/mol. The van der Waals surface area contributed by atoms with E-state index in [1.807, 2.05) is 0 Å². The van der Waals surface area contributed by atoms with E-state index >= 15 is 0 Å². The number of aromatic nitrogens is 1. The van der Waals surface area contributed by atoms with Crippen molar-refractivity contribution in [2.45, 2.75) is 5.51 Å². The standard InChI is InChI=1S/C16H10F4N2O2S2/c17-12-8-6-11(7-9-12)14-13(10-4-2-1-3-5-10)21-15(25-14)22-26(23,24)16(18,19)20/h1-9H,(H,21,22). The largest absolute Gasteiger partial charge is 0.516 e. The van der Waals surface area contributed by atoms with Gasteiger partial charge in [0.05, 0.1) is 10.6 Å². The van der Waals surface area contributed by atoms with Gasteiger partial charge in [-0.25, -0.2) is 9.37 Å². The van der Waals surface area contributed by atoms with E-state index < -0.39 is 26.5 Å². The highest BCUT2D eigenvalue weighted by Crippen LogP contribution is 2.40. The molecule has 4 nitrogen and oxygen atoms in total. The summed E-state index contributed by atoms with van der Waals surface area (Å²) in [7, 11) is -5.59. The number of anilines is 1. The number of benzene rings is 2. The number of thiazole rings is 1. The molecule has 0 saturated carbocycles. The van der Waals surface area contributed by atoms with Gasteiger partial charge in [0.2, 0.25) is 0 Å². The first-order chi connectivity index (χ1) is 12.2. The highest BCUT2D eigenvalue weighted by Gasteiger charge is 2.46. The summed E-state index contributed by atoms with van der Waals surface area (Å²) < 4.78 is 75.1. The molecule has 10 heteroatoms. The zero-order chi connectivity index (χ0) is 18.9. The lowest BCUT2D eigenvalue weighted by atomic mass is 10.1. The second kappa shape index (κ2) is 6.69. The molecule has 1 N–H and O–H groups in total. The highest BCUT2D eigenvalue weighted by atomic mass is 32.2. The fourth-order valence-corrected chi connectivity index (χ4v) is 3.86. The van der Waals surface area contributed by atoms with Crippen molar-refractivity contribution >= 4 is 26.5 Å². The topological polar surface area (TPSA) is 59.1 Å². The van der Waals surface area contributed by atoms with Gasteiger partial charge in [0.15, 0.2) is 5.13 Å². The van der Waals surface area contributed by atoms with Crippen LogP contribution in [0.3, 0.4) is 0 Å². The Bertz CT molecular complexity index is 1010. The quantitative estimate of drug-likeness (QED) is 0.633. The second-order valence-corrected chi connectivity index (χ2v) is 7.79. The molecule has 2 aromatic carbocycles. The Morgan fingerprint density at radius 1 is 0.923 bits per heavy atom. The van der Waals surface area contributed by atoms with Crippen LogP contribution >= 0.6 is 11.3 Å². The van der Waals surface area contributed by atoms with Crippen LogP contribution in [0.25, 0.3) is 21.7 Å². The first-order valence-electron chi connectivity index (χ1n) is 7.09. The number of hydrogen-bond acceptors (Lipinski definition) is 4. The average molecular weight is 402 g/mol. The number of halogens is 4. The molecule has 0 fully saturated rings. The van der Waals surface area contributed by atoms with Crippen LogP contribution in [0.5, 0.6) is 0 Å². The molecule has 3 aromatic rings. The number of nitrogens with one attached hydrogen (secondary N) is 1. The predicted molar refractivity (Wildman–Crippen MR) is 91.5 cm³/mol. The van der Waals surface area contributed by atoms with Gasteiger partial charge in [0, 0.05) is 5.56 Å². The first kappa shape index (κ1) is 18.3. The fourth-order valence-electron chi connectivity index (χ4n) is 2.13. The molecule has 0 spiro atoms. The van der Waals surface area contributed by atoms with Crippen LogP contribution in [-0.4, -0.2) is 18.9 Å². The molecule has 0 saturated heterocycles. The van der Waals surface area contributed by atoms with Gasteiger partial charge in [-0.2, -0.15) is 21.6 Å². The van der Waals surface area contributed by atoms with Gasteiger partial charge in [0.1, 0.15) is 5.82 Å². The zero-order valence-electron chi connectivity index (χ0n) is 12.8. The lowest BCUT2D eigenvalue weighted by molar-refractivity contribution is -0.0429. The third-order valence-corrected chi connectivity index (χ3v) is 5.53. The Kier molecular flexibility index (Phi) is 4.72. The van der Waals surface area contributed by atoms with Crippen molar-refractivity contribution in [2.75, 3.05) is 4.72 Å². The van der Waals surface area contributed by atoms with Gasteiger partial charge in [0.25, 0.3) is 0 Å². The lowest BCUT2D eigenvalue weighted by Crippen LogP contribution is -2.29. The molecule has 1 heterocycles. The van der Waals surface area contributed by atoms with E-state index in [0.717, 1.165) is 11.3 Å². The fraction of sp³-hybridized carbons (Fsp3) is 0.0625. The average Bonchev–Trinajstić information content (AvgIpc) is 2.98. The van der Waals surface area contributed by atoms with Crippen LogP contribution in [-0.2, 0) is 10.0 Å². The molecule has 136 valence electrons. The maximum Gasteiger partial charge on any atom is 0.516 e. The van der Waals surface area contributed by atoms with E-state index in [-0.39, 0.29) is 0 Å². The molecule has 1 aromatic heterocycles. The molecule has 0 aliphatic rings. The Balaban J connectivity index is 2.11. The minimum atomic E-state index is -5.59. The summed E-state index contributed by atoms with van der Waals surface area (Å²) in [6.45, 7) is 0. The van der Waals surface area contributed by atoms with E-state index in [1.165, 1.54) is 29.0 Å². The maximum atomic E-state index is 13.2. The summed E-state index contributed by atoms with van der Waals surface area (Å²) in [4.78, 5) is 4.43. The Morgan fingerprint density at radius 3 is 2.12 bits per heavy atom. The smallest absolute Gasteiger partial charge is 0.251 e. The summed E-state index contributed by atoms with van der Waals surface area (Å²) in [5, 5.41) is -0.430. The van der Waals surface area contributed by atoms with Crippen LogP contribution in [0.1, 0.15) is 0 Å². The monoisotopic (exact) mass is 402 g/mol. The molecule has 0 atom stereocenters. The summed E-state index contributed by atoms with van der Waals surface area (Å²) in [5.41, 5.74) is -4.08. The van der Waals surface area contributed by atoms with Crippen molar-refractivity contribution in [2.24, 2.45) is 0 Å². The van der Waals surface area contributed by atoms with E-state index in [2.05, 4.69) is 4.98 Å². The lowest BCUT2D eigenvalue weighted by Gasteiger charge is -2.07. The van der Waals surface area contributed by atoms with Crippen molar-refractivity contribution in [3.8, 4) is 21.7 Å². The van der Waals surface area contributed by atoms with Gasteiger partial charge >= 0.3 is 15.5 Å². The van der Waals surface area contributed by atoms with Crippen molar-refractivity contribution < 1.29 is 26.0 Å². The van der Waals surface area contributed by atoms with Crippen LogP contribution in [0.2, 0.25) is 0 Å². The normalized spacial score (nSPS) is 12.2. The summed E-state index contributed by atoms with van der Waals surface area (Å²) in [6.07, 6.45) is 0. The minimum Gasteiger partial charge on any atom is -0.251 e. The predicted octanol–water partition coefficient (Wildman–Crippen LogP) is 4.88. The number of nitrogens with zero attached hydrogens (tertiary/aromatic N) is 1. The number of sulfonamides is 1. The summed E-state index contributed by atoms with van der Waals surface area (Å²) >= 11 is 0.732. The van der Waals surface area contributed by atoms with Gasteiger partial charge < -0.3 is 0 Å². The third kappa shape index (κ3) is 3.70. The van der Waals surface area contributed by atoms with E-state index in [4.69, 9.17) is 0 Å². The Labute approximate surface area is 150 Å². The van der Waals surface area contributed by atoms with Crippen molar-refractivity contribution in [3.05, 3.63) is 60.4 Å². The molecule has 26 heavy (non-hydrogen) atoms. The van der Waals surface area contributed by atoms with E-state index in [9.17, 15) is 26.0 Å². The molecule has 0 bridgehead atoms. The minimum absolute atomic E-state index is 0.294. The van der Waals surface area contributed by atoms with Crippen LogP contribution < -0.4 is 4.72 Å². The molecule has 0 aliphatic heterocycles. The van der Waals surface area contributed by atoms with Crippen LogP contribution in [0, 0.1) is 5.82 Å². The number of rotatable bonds is 4. The van der Waals surface area contributed by atoms with E-state index in [0.29, 0.717) is 21.7 Å². The van der Waals surface area contributed by atoms with Gasteiger partial charge in [-0.05, 0) is 17.7 Å². The first-order valence-corrected chi connectivity index (χ1v) is 9.38. The molecular formula is C16H10F4N2O2S2. The molecule has 0 unspecified atom stereocenters. The molecule has 0 radical (unpaired) electrons. The SMILES string of the molecule is O=S(=O)(Nc1nc(-c2ccccc2)c(-c2ccc(F)cc2)s1)C(F)(F)F. The Morgan fingerprint density at radius 2 is 1.54 bits per heavy atom. The third-order valence-electron chi connectivity index (χ3n) is 3.31. The van der Waals surface area contributed by atoms with Gasteiger partial charge in [-0.15, -0.1) is 0 Å². The Hall–Kier alpha value is -2.46. The maximum absolute atomic E-state index is 13.2. The molecule has 0 amide bonds. The van der Waals surface area contributed by atoms with Crippen LogP contribution in [0.15, 0.2) is 54.6 Å². The van der Waals surface area contributed by atoms with Crippen LogP contribution in [0.4, 0.5) is 22.7 Å². The molecule has 3 rings (SSSR count). The number of hydrogen-bond donors (Lipinski definition) is 1. The molecule has 0 aliphatic carbocycles. The highest BCUT2D eigenvalue weighted by molar-refractivity contribution is 7.93. The second-order valence-electron chi connectivity index (χ2n) is 5.12. The summed E-state index contributed by atoms with van der Waals surface area (Å²) in [5.74, 6) is -0.475. The van der Waals surface area contributed by atoms with Crippen molar-refractivity contribution in [1.82, 2.24) is 4.98 Å². The number of alkyl halides is 3. The van der Waals surface area contributed by atoms with Crippen molar-refractivity contribution in [3.63, 3.8) is 0 Å². The van der Waals surface area contributed by atoms with E-state index in [1.54, 1.807) is 30.3 Å². The summed E-state index contributed by atoms with van der Waals surface area (Å²) in [6, 6.07) is 13.8. The van der Waals surface area contributed by atoms with Gasteiger partial charge in [-0.1, -0.05) is 53.8 Å². The van der Waals surface area contributed by atoms with Gasteiger partial charge in [-0.3, -0.25) is 4.72 Å². The zero-order valence-corrected chi connectivity index (χ0v) is 14.4.